The van der Waals surface area contributed by atoms with Crippen LogP contribution in [0.15, 0.2) is 12.4 Å². The molecule has 4 heteroatoms. The van der Waals surface area contributed by atoms with Gasteiger partial charge in [-0.25, -0.2) is 4.98 Å². The standard InChI is InChI=1S/C9H8N4/c1-6-7(2-3-10)8-9(13-6)12-5-4-11-8/h4-5H,2H2,1H3,(H,12,13). The van der Waals surface area contributed by atoms with Crippen LogP contribution in [-0.2, 0) is 6.42 Å². The molecule has 0 radical (unpaired) electrons. The van der Waals surface area contributed by atoms with Crippen molar-refractivity contribution in [3.05, 3.63) is 23.7 Å². The Kier molecular flexibility index (Phi) is 1.71. The molecule has 0 aliphatic rings. The molecular weight excluding hydrogens is 164 g/mol. The quantitative estimate of drug-likeness (QED) is 0.705. The Hall–Kier alpha value is -1.89. The first-order chi connectivity index (χ1) is 6.33. The highest BCUT2D eigenvalue weighted by molar-refractivity contribution is 5.76. The monoisotopic (exact) mass is 172 g/mol. The fourth-order valence-electron chi connectivity index (χ4n) is 1.38. The second-order valence-electron chi connectivity index (χ2n) is 2.82. The Morgan fingerprint density at radius 1 is 1.46 bits per heavy atom. The van der Waals surface area contributed by atoms with Crippen molar-refractivity contribution in [1.29, 1.82) is 5.26 Å². The molecule has 13 heavy (non-hydrogen) atoms. The molecule has 0 aliphatic heterocycles. The zero-order chi connectivity index (χ0) is 9.26. The van der Waals surface area contributed by atoms with Gasteiger partial charge in [-0.05, 0) is 6.92 Å². The zero-order valence-electron chi connectivity index (χ0n) is 7.20. The highest BCUT2D eigenvalue weighted by Crippen LogP contribution is 2.17. The van der Waals surface area contributed by atoms with Crippen molar-refractivity contribution in [2.45, 2.75) is 13.3 Å². The predicted octanol–water partition coefficient (Wildman–Crippen LogP) is 1.33. The SMILES string of the molecule is Cc1[nH]c2nccnc2c1CC#N. The molecular formula is C9H8N4. The van der Waals surface area contributed by atoms with Gasteiger partial charge in [0.1, 0.15) is 5.52 Å². The number of aromatic amines is 1. The van der Waals surface area contributed by atoms with Crippen LogP contribution in [-0.4, -0.2) is 15.0 Å². The van der Waals surface area contributed by atoms with Crippen molar-refractivity contribution < 1.29 is 0 Å². The molecule has 0 aliphatic carbocycles. The molecule has 0 bridgehead atoms. The average Bonchev–Trinajstić information content (AvgIpc) is 2.44. The normalized spacial score (nSPS) is 10.2. The fourth-order valence-corrected chi connectivity index (χ4v) is 1.38. The van der Waals surface area contributed by atoms with Gasteiger partial charge < -0.3 is 4.98 Å². The summed E-state index contributed by atoms with van der Waals surface area (Å²) in [6.07, 6.45) is 3.65. The van der Waals surface area contributed by atoms with Crippen LogP contribution in [0.2, 0.25) is 0 Å². The van der Waals surface area contributed by atoms with E-state index in [-0.39, 0.29) is 0 Å². The lowest BCUT2D eigenvalue weighted by Crippen LogP contribution is -1.84. The smallest absolute Gasteiger partial charge is 0.156 e. The third kappa shape index (κ3) is 1.14. The molecule has 0 saturated carbocycles. The first-order valence-corrected chi connectivity index (χ1v) is 3.98. The van der Waals surface area contributed by atoms with E-state index < -0.39 is 0 Å². The molecule has 2 aromatic heterocycles. The minimum Gasteiger partial charge on any atom is -0.342 e. The van der Waals surface area contributed by atoms with Crippen molar-refractivity contribution in [3.63, 3.8) is 0 Å². The number of hydrogen-bond donors (Lipinski definition) is 1. The van der Waals surface area contributed by atoms with Gasteiger partial charge in [-0.2, -0.15) is 5.26 Å². The lowest BCUT2D eigenvalue weighted by molar-refractivity contribution is 1.18. The lowest BCUT2D eigenvalue weighted by atomic mass is 10.2. The second kappa shape index (κ2) is 2.87. The Morgan fingerprint density at radius 2 is 2.23 bits per heavy atom. The number of fused-ring (bicyclic) bond motifs is 1. The average molecular weight is 172 g/mol. The van der Waals surface area contributed by atoms with Gasteiger partial charge in [0.15, 0.2) is 5.65 Å². The molecule has 0 aromatic carbocycles. The van der Waals surface area contributed by atoms with Crippen LogP contribution in [0.1, 0.15) is 11.3 Å². The van der Waals surface area contributed by atoms with E-state index in [0.717, 1.165) is 22.4 Å². The van der Waals surface area contributed by atoms with Crippen LogP contribution in [0.25, 0.3) is 11.2 Å². The summed E-state index contributed by atoms with van der Waals surface area (Å²) in [6, 6.07) is 2.12. The summed E-state index contributed by atoms with van der Waals surface area (Å²) in [5.74, 6) is 0. The molecule has 1 N–H and O–H groups in total. The van der Waals surface area contributed by atoms with Crippen LogP contribution >= 0.6 is 0 Å². The molecule has 0 fully saturated rings. The molecule has 0 atom stereocenters. The summed E-state index contributed by atoms with van der Waals surface area (Å²) in [5.41, 5.74) is 3.49. The maximum Gasteiger partial charge on any atom is 0.156 e. The summed E-state index contributed by atoms with van der Waals surface area (Å²) < 4.78 is 0. The summed E-state index contributed by atoms with van der Waals surface area (Å²) >= 11 is 0. The van der Waals surface area contributed by atoms with Gasteiger partial charge in [-0.15, -0.1) is 0 Å². The van der Waals surface area contributed by atoms with Crippen molar-refractivity contribution in [2.24, 2.45) is 0 Å². The Bertz CT molecular complexity index is 478. The van der Waals surface area contributed by atoms with E-state index in [2.05, 4.69) is 21.0 Å². The van der Waals surface area contributed by atoms with Crippen molar-refractivity contribution >= 4 is 11.2 Å². The first-order valence-electron chi connectivity index (χ1n) is 3.98. The molecule has 0 saturated heterocycles. The number of hydrogen-bond acceptors (Lipinski definition) is 3. The summed E-state index contributed by atoms with van der Waals surface area (Å²) in [7, 11) is 0. The number of nitrogens with zero attached hydrogens (tertiary/aromatic N) is 3. The summed E-state index contributed by atoms with van der Waals surface area (Å²) in [4.78, 5) is 11.4. The molecule has 0 unspecified atom stereocenters. The minimum atomic E-state index is 0.379. The van der Waals surface area contributed by atoms with Gasteiger partial charge in [-0.3, -0.25) is 4.98 Å². The largest absolute Gasteiger partial charge is 0.342 e. The van der Waals surface area contributed by atoms with Crippen LogP contribution < -0.4 is 0 Å². The van der Waals surface area contributed by atoms with Crippen LogP contribution in [0.3, 0.4) is 0 Å². The maximum absolute atomic E-state index is 8.61. The van der Waals surface area contributed by atoms with Gasteiger partial charge in [0.05, 0.1) is 12.5 Å². The maximum atomic E-state index is 8.61. The van der Waals surface area contributed by atoms with E-state index in [0.29, 0.717) is 6.42 Å². The lowest BCUT2D eigenvalue weighted by Gasteiger charge is -1.90. The Morgan fingerprint density at radius 3 is 3.00 bits per heavy atom. The molecule has 2 aromatic rings. The topological polar surface area (TPSA) is 65.4 Å². The highest BCUT2D eigenvalue weighted by Gasteiger charge is 2.08. The molecule has 2 heterocycles. The third-order valence-electron chi connectivity index (χ3n) is 2.00. The number of nitrogens with one attached hydrogen (secondary N) is 1. The minimum absolute atomic E-state index is 0.379. The van der Waals surface area contributed by atoms with E-state index in [1.54, 1.807) is 12.4 Å². The van der Waals surface area contributed by atoms with Crippen LogP contribution in [0.5, 0.6) is 0 Å². The highest BCUT2D eigenvalue weighted by atomic mass is 14.9. The van der Waals surface area contributed by atoms with Crippen LogP contribution in [0, 0.1) is 18.3 Å². The van der Waals surface area contributed by atoms with Crippen molar-refractivity contribution in [1.82, 2.24) is 15.0 Å². The Labute approximate surface area is 75.2 Å². The fraction of sp³-hybridized carbons (Fsp3) is 0.222. The van der Waals surface area contributed by atoms with E-state index in [1.165, 1.54) is 0 Å². The predicted molar refractivity (Wildman–Crippen MR) is 47.9 cm³/mol. The van der Waals surface area contributed by atoms with Gasteiger partial charge >= 0.3 is 0 Å². The van der Waals surface area contributed by atoms with E-state index in [9.17, 15) is 0 Å². The molecule has 0 spiro atoms. The van der Waals surface area contributed by atoms with E-state index in [1.807, 2.05) is 6.92 Å². The van der Waals surface area contributed by atoms with E-state index >= 15 is 0 Å². The Balaban J connectivity index is 2.73. The summed E-state index contributed by atoms with van der Waals surface area (Å²) in [6.45, 7) is 1.93. The third-order valence-corrected chi connectivity index (χ3v) is 2.00. The van der Waals surface area contributed by atoms with Gasteiger partial charge in [0.25, 0.3) is 0 Å². The van der Waals surface area contributed by atoms with Crippen molar-refractivity contribution in [2.75, 3.05) is 0 Å². The van der Waals surface area contributed by atoms with E-state index in [4.69, 9.17) is 5.26 Å². The molecule has 4 nitrogen and oxygen atoms in total. The van der Waals surface area contributed by atoms with Gasteiger partial charge in [0.2, 0.25) is 0 Å². The number of nitriles is 1. The number of aromatic nitrogens is 3. The number of rotatable bonds is 1. The molecule has 0 amide bonds. The molecule has 2 rings (SSSR count). The molecule has 64 valence electrons. The van der Waals surface area contributed by atoms with Crippen LogP contribution in [0.4, 0.5) is 0 Å². The zero-order valence-corrected chi connectivity index (χ0v) is 7.20. The number of H-pyrrole nitrogens is 1. The van der Waals surface area contributed by atoms with Gasteiger partial charge in [0, 0.05) is 23.7 Å². The second-order valence-corrected chi connectivity index (χ2v) is 2.82. The first kappa shape index (κ1) is 7.74. The number of aryl methyl sites for hydroxylation is 1. The van der Waals surface area contributed by atoms with Gasteiger partial charge in [-0.1, -0.05) is 0 Å². The van der Waals surface area contributed by atoms with Crippen molar-refractivity contribution in [3.8, 4) is 6.07 Å². The summed E-state index contributed by atoms with van der Waals surface area (Å²) in [5, 5.41) is 8.61.